The lowest BCUT2D eigenvalue weighted by Gasteiger charge is -2.57. The van der Waals surface area contributed by atoms with Crippen LogP contribution in [0.3, 0.4) is 0 Å². The van der Waals surface area contributed by atoms with Crippen LogP contribution in [-0.4, -0.2) is 17.6 Å². The fraction of sp³-hybridized carbons (Fsp3) is 0.250. The summed E-state index contributed by atoms with van der Waals surface area (Å²) in [5.41, 5.74) is 4.46. The molecule has 4 nitrogen and oxygen atoms in total. The molecule has 2 bridgehead atoms. The van der Waals surface area contributed by atoms with Crippen LogP contribution in [0.5, 0.6) is 0 Å². The third-order valence-corrected chi connectivity index (χ3v) is 8.17. The second-order valence-corrected chi connectivity index (χ2v) is 9.57. The molecule has 3 aliphatic carbocycles. The normalized spacial score (nSPS) is 29.5. The molecule has 3 aromatic carbocycles. The Bertz CT molecular complexity index is 1220. The van der Waals surface area contributed by atoms with Gasteiger partial charge in [0.25, 0.3) is 0 Å². The van der Waals surface area contributed by atoms with Gasteiger partial charge in [0, 0.05) is 16.4 Å². The van der Waals surface area contributed by atoms with Crippen molar-refractivity contribution in [2.75, 3.05) is 4.90 Å². The highest BCUT2D eigenvalue weighted by molar-refractivity contribution is 6.24. The highest BCUT2D eigenvalue weighted by Crippen LogP contribution is 2.66. The molecule has 1 aliphatic heterocycles. The number of imide groups is 1. The first-order valence-electron chi connectivity index (χ1n) is 11.0. The van der Waals surface area contributed by atoms with Gasteiger partial charge in [-0.1, -0.05) is 62.4 Å². The van der Waals surface area contributed by atoms with E-state index in [0.717, 1.165) is 22.3 Å². The largest absolute Gasteiger partial charge is 0.295 e. The summed E-state index contributed by atoms with van der Waals surface area (Å²) in [6.45, 7) is 5.74. The molecule has 32 heavy (non-hydrogen) atoms. The van der Waals surface area contributed by atoms with Crippen LogP contribution in [0.25, 0.3) is 0 Å². The predicted octanol–water partition coefficient (Wildman–Crippen LogP) is 4.63. The zero-order chi connectivity index (χ0) is 22.4. The number of amides is 2. The van der Waals surface area contributed by atoms with Crippen LogP contribution in [0, 0.1) is 11.8 Å². The van der Waals surface area contributed by atoms with E-state index in [9.17, 15) is 14.4 Å². The summed E-state index contributed by atoms with van der Waals surface area (Å²) in [7, 11) is 0. The van der Waals surface area contributed by atoms with Gasteiger partial charge in [-0.25, -0.2) is 4.90 Å². The van der Waals surface area contributed by atoms with Crippen LogP contribution in [0.1, 0.15) is 53.4 Å². The van der Waals surface area contributed by atoms with E-state index in [1.165, 1.54) is 11.8 Å². The van der Waals surface area contributed by atoms with Crippen LogP contribution in [0.15, 0.2) is 72.8 Å². The average molecular weight is 421 g/mol. The lowest BCUT2D eigenvalue weighted by atomic mass is 9.42. The molecule has 1 fully saturated rings. The minimum absolute atomic E-state index is 0.0479. The second kappa shape index (κ2) is 6.04. The van der Waals surface area contributed by atoms with Crippen LogP contribution < -0.4 is 4.90 Å². The monoisotopic (exact) mass is 421 g/mol. The first-order valence-corrected chi connectivity index (χ1v) is 11.0. The lowest BCUT2D eigenvalue weighted by Crippen LogP contribution is -2.59. The number of nitrogens with zero attached hydrogens (tertiary/aromatic N) is 1. The van der Waals surface area contributed by atoms with Crippen molar-refractivity contribution < 1.29 is 14.4 Å². The van der Waals surface area contributed by atoms with Gasteiger partial charge in [0.2, 0.25) is 11.8 Å². The summed E-state index contributed by atoms with van der Waals surface area (Å²) >= 11 is 0. The molecular weight excluding hydrogens is 398 g/mol. The van der Waals surface area contributed by atoms with Crippen LogP contribution in [0.2, 0.25) is 0 Å². The zero-order valence-corrected chi connectivity index (χ0v) is 18.3. The number of ketones is 1. The average Bonchev–Trinajstić information content (AvgIpc) is 3.08. The van der Waals surface area contributed by atoms with E-state index in [-0.39, 0.29) is 17.6 Å². The predicted molar refractivity (Wildman–Crippen MR) is 122 cm³/mol. The Hall–Kier alpha value is -3.53. The Balaban J connectivity index is 1.60. The number of carbonyl (C=O) groups excluding carboxylic acids is 3. The second-order valence-electron chi connectivity index (χ2n) is 9.57. The Labute approximate surface area is 186 Å². The van der Waals surface area contributed by atoms with Gasteiger partial charge in [0.15, 0.2) is 5.78 Å². The molecule has 4 heteroatoms. The van der Waals surface area contributed by atoms with Crippen molar-refractivity contribution in [3.05, 3.63) is 101 Å². The van der Waals surface area contributed by atoms with Gasteiger partial charge in [-0.05, 0) is 53.4 Å². The van der Waals surface area contributed by atoms with E-state index in [4.69, 9.17) is 0 Å². The minimum atomic E-state index is -0.587. The molecule has 0 N–H and O–H groups in total. The van der Waals surface area contributed by atoms with E-state index >= 15 is 0 Å². The number of benzene rings is 3. The molecule has 0 unspecified atom stereocenters. The van der Waals surface area contributed by atoms with Gasteiger partial charge in [-0.3, -0.25) is 14.4 Å². The van der Waals surface area contributed by atoms with Crippen molar-refractivity contribution in [1.29, 1.82) is 0 Å². The van der Waals surface area contributed by atoms with Gasteiger partial charge in [0.1, 0.15) is 0 Å². The molecule has 0 aromatic heterocycles. The van der Waals surface area contributed by atoms with Gasteiger partial charge in [-0.15, -0.1) is 0 Å². The van der Waals surface area contributed by atoms with Crippen molar-refractivity contribution in [2.45, 2.75) is 31.6 Å². The number of Topliss-reactive ketones (excluding diaryl/α,β-unsaturated/α-hetero) is 1. The molecule has 158 valence electrons. The Morgan fingerprint density at radius 1 is 0.688 bits per heavy atom. The summed E-state index contributed by atoms with van der Waals surface area (Å²) in [4.78, 5) is 41.0. The third kappa shape index (κ3) is 2.01. The maximum absolute atomic E-state index is 14.0. The van der Waals surface area contributed by atoms with Crippen LogP contribution >= 0.6 is 0 Å². The van der Waals surface area contributed by atoms with E-state index < -0.39 is 22.7 Å². The van der Waals surface area contributed by atoms with E-state index in [0.29, 0.717) is 11.3 Å². The van der Waals surface area contributed by atoms with Crippen molar-refractivity contribution in [3.8, 4) is 0 Å². The standard InChI is InChI=1S/C28H23NO3/c1-16(30)17-12-14-18(15-13-17)29-25(31)23-24(26(29)32)28(3)21-10-6-4-8-19(21)27(23,2)20-9-5-7-11-22(20)28/h4-15,23-24H,1-3H3/t23-,24+,27?,28?. The zero-order valence-electron chi connectivity index (χ0n) is 18.3. The van der Waals surface area contributed by atoms with Crippen molar-refractivity contribution in [1.82, 2.24) is 0 Å². The molecule has 7 rings (SSSR count). The van der Waals surface area contributed by atoms with Gasteiger partial charge >= 0.3 is 0 Å². The van der Waals surface area contributed by atoms with Crippen molar-refractivity contribution >= 4 is 23.3 Å². The molecule has 2 atom stereocenters. The molecular formula is C28H23NO3. The highest BCUT2D eigenvalue weighted by atomic mass is 16.2. The summed E-state index contributed by atoms with van der Waals surface area (Å²) in [6, 6.07) is 23.3. The minimum Gasteiger partial charge on any atom is -0.295 e. The molecule has 2 amide bonds. The maximum Gasteiger partial charge on any atom is 0.238 e. The fourth-order valence-electron chi connectivity index (χ4n) is 6.67. The molecule has 0 saturated carbocycles. The number of carbonyl (C=O) groups is 3. The summed E-state index contributed by atoms with van der Waals surface area (Å²) in [5.74, 6) is -1.32. The number of rotatable bonds is 2. The smallest absolute Gasteiger partial charge is 0.238 e. The first kappa shape index (κ1) is 19.2. The molecule has 0 radical (unpaired) electrons. The maximum atomic E-state index is 14.0. The third-order valence-electron chi connectivity index (χ3n) is 8.17. The number of hydrogen-bond donors (Lipinski definition) is 0. The molecule has 0 spiro atoms. The van der Waals surface area contributed by atoms with Crippen molar-refractivity contribution in [2.24, 2.45) is 11.8 Å². The molecule has 3 aromatic rings. The quantitative estimate of drug-likeness (QED) is 0.448. The molecule has 1 saturated heterocycles. The topological polar surface area (TPSA) is 54.5 Å². The Morgan fingerprint density at radius 3 is 1.41 bits per heavy atom. The Kier molecular flexibility index (Phi) is 3.62. The summed E-state index contributed by atoms with van der Waals surface area (Å²) in [6.07, 6.45) is 0. The van der Waals surface area contributed by atoms with E-state index in [1.54, 1.807) is 24.3 Å². The lowest BCUT2D eigenvalue weighted by molar-refractivity contribution is -0.124. The van der Waals surface area contributed by atoms with Gasteiger partial charge in [-0.2, -0.15) is 0 Å². The van der Waals surface area contributed by atoms with Crippen LogP contribution in [-0.2, 0) is 20.4 Å². The molecule has 1 heterocycles. The SMILES string of the molecule is CC(=O)c1ccc(N2C(=O)[C@@H]3[C@H](C2=O)C2(C)c4ccccc4C3(C)c3ccccc32)cc1. The van der Waals surface area contributed by atoms with Crippen molar-refractivity contribution in [3.63, 3.8) is 0 Å². The summed E-state index contributed by atoms with van der Waals surface area (Å²) < 4.78 is 0. The number of hydrogen-bond acceptors (Lipinski definition) is 3. The van der Waals surface area contributed by atoms with Gasteiger partial charge in [0.05, 0.1) is 17.5 Å². The first-order chi connectivity index (χ1) is 15.3. The van der Waals surface area contributed by atoms with Gasteiger partial charge < -0.3 is 0 Å². The van der Waals surface area contributed by atoms with E-state index in [1.807, 2.05) is 24.3 Å². The Morgan fingerprint density at radius 2 is 1.06 bits per heavy atom. The molecule has 4 aliphatic rings. The fourth-order valence-corrected chi connectivity index (χ4v) is 6.67. The van der Waals surface area contributed by atoms with Crippen LogP contribution in [0.4, 0.5) is 5.69 Å². The highest BCUT2D eigenvalue weighted by Gasteiger charge is 2.70. The number of anilines is 1. The van der Waals surface area contributed by atoms with E-state index in [2.05, 4.69) is 38.1 Å². The summed E-state index contributed by atoms with van der Waals surface area (Å²) in [5, 5.41) is 0.